The van der Waals surface area contributed by atoms with Gasteiger partial charge in [0.2, 0.25) is 0 Å². The fourth-order valence-electron chi connectivity index (χ4n) is 2.72. The molecule has 136 valence electrons. The summed E-state index contributed by atoms with van der Waals surface area (Å²) >= 11 is 9.33. The molecule has 3 aromatic rings. The van der Waals surface area contributed by atoms with E-state index in [1.807, 2.05) is 38.1 Å². The molecule has 0 amide bonds. The van der Waals surface area contributed by atoms with Gasteiger partial charge < -0.3 is 4.74 Å². The van der Waals surface area contributed by atoms with Crippen molar-refractivity contribution >= 4 is 50.9 Å². The summed E-state index contributed by atoms with van der Waals surface area (Å²) in [5, 5.41) is 2.65. The molecule has 7 heteroatoms. The maximum Gasteiger partial charge on any atom is 0.348 e. The van der Waals surface area contributed by atoms with Gasteiger partial charge in [-0.05, 0) is 44.9 Å². The molecule has 2 heterocycles. The number of nitrogens with zero attached hydrogens (tertiary/aromatic N) is 2. The zero-order valence-corrected chi connectivity index (χ0v) is 17.4. The minimum Gasteiger partial charge on any atom is -0.462 e. The molecule has 0 saturated heterocycles. The van der Waals surface area contributed by atoms with E-state index < -0.39 is 0 Å². The van der Waals surface area contributed by atoms with Gasteiger partial charge in [-0.3, -0.25) is 0 Å². The van der Waals surface area contributed by atoms with Gasteiger partial charge in [0, 0.05) is 15.7 Å². The molecule has 0 aliphatic carbocycles. The Labute approximate surface area is 166 Å². The number of rotatable bonds is 5. The predicted molar refractivity (Wildman–Crippen MR) is 109 cm³/mol. The molecule has 3 rings (SSSR count). The van der Waals surface area contributed by atoms with Gasteiger partial charge in [0.15, 0.2) is 0 Å². The number of hydrogen-bond acceptors (Lipinski definition) is 6. The van der Waals surface area contributed by atoms with Gasteiger partial charge in [-0.15, -0.1) is 11.3 Å². The zero-order valence-electron chi connectivity index (χ0n) is 15.0. The molecule has 1 aromatic carbocycles. The molecule has 2 aromatic heterocycles. The summed E-state index contributed by atoms with van der Waals surface area (Å²) in [5.41, 5.74) is 1.93. The van der Waals surface area contributed by atoms with Crippen LogP contribution >= 0.6 is 34.7 Å². The van der Waals surface area contributed by atoms with Crippen molar-refractivity contribution in [2.45, 2.75) is 38.0 Å². The van der Waals surface area contributed by atoms with E-state index in [2.05, 4.69) is 16.9 Å². The van der Waals surface area contributed by atoms with Crippen molar-refractivity contribution in [1.29, 1.82) is 0 Å². The Morgan fingerprint density at radius 2 is 2.04 bits per heavy atom. The standard InChI is InChI=1S/C19H19ClN2O2S2/c1-5-24-19(23)16-10(2)15-17(21-12(4)22-18(15)26-16)25-11(3)13-8-6-7-9-14(13)20/h6-9,11H,5H2,1-4H3. The Morgan fingerprint density at radius 3 is 2.73 bits per heavy atom. The van der Waals surface area contributed by atoms with Crippen LogP contribution in [0.25, 0.3) is 10.2 Å². The van der Waals surface area contributed by atoms with Crippen molar-refractivity contribution in [1.82, 2.24) is 9.97 Å². The van der Waals surface area contributed by atoms with E-state index in [-0.39, 0.29) is 11.2 Å². The number of hydrogen-bond donors (Lipinski definition) is 0. The lowest BCUT2D eigenvalue weighted by molar-refractivity contribution is 0.0531. The van der Waals surface area contributed by atoms with Gasteiger partial charge in [0.1, 0.15) is 20.6 Å². The Kier molecular flexibility index (Phi) is 5.85. The molecule has 0 aliphatic rings. The first-order valence-electron chi connectivity index (χ1n) is 8.28. The monoisotopic (exact) mass is 406 g/mol. The van der Waals surface area contributed by atoms with E-state index >= 15 is 0 Å². The van der Waals surface area contributed by atoms with Gasteiger partial charge in [-0.25, -0.2) is 14.8 Å². The molecule has 0 bridgehead atoms. The molecular weight excluding hydrogens is 388 g/mol. The summed E-state index contributed by atoms with van der Waals surface area (Å²) < 4.78 is 5.17. The zero-order chi connectivity index (χ0) is 18.8. The number of thiophene rings is 1. The quantitative estimate of drug-likeness (QED) is 0.296. The van der Waals surface area contributed by atoms with Gasteiger partial charge in [0.25, 0.3) is 0 Å². The van der Waals surface area contributed by atoms with Crippen molar-refractivity contribution in [3.8, 4) is 0 Å². The van der Waals surface area contributed by atoms with Crippen molar-refractivity contribution in [3.63, 3.8) is 0 Å². The van der Waals surface area contributed by atoms with Crippen LogP contribution in [0, 0.1) is 13.8 Å². The number of carbonyl (C=O) groups is 1. The molecule has 1 atom stereocenters. The van der Waals surface area contributed by atoms with Crippen LogP contribution in [0.4, 0.5) is 0 Å². The van der Waals surface area contributed by atoms with E-state index in [9.17, 15) is 4.79 Å². The van der Waals surface area contributed by atoms with E-state index in [0.717, 1.165) is 31.4 Å². The minimum atomic E-state index is -0.305. The topological polar surface area (TPSA) is 52.1 Å². The maximum atomic E-state index is 12.2. The molecule has 0 spiro atoms. The lowest BCUT2D eigenvalue weighted by Crippen LogP contribution is -2.03. The number of fused-ring (bicyclic) bond motifs is 1. The normalized spacial score (nSPS) is 12.3. The summed E-state index contributed by atoms with van der Waals surface area (Å²) in [7, 11) is 0. The summed E-state index contributed by atoms with van der Waals surface area (Å²) in [6.45, 7) is 8.04. The minimum absolute atomic E-state index is 0.117. The summed E-state index contributed by atoms with van der Waals surface area (Å²) in [6.07, 6.45) is 0. The van der Waals surface area contributed by atoms with Crippen molar-refractivity contribution in [3.05, 3.63) is 51.1 Å². The van der Waals surface area contributed by atoms with Crippen LogP contribution < -0.4 is 0 Å². The summed E-state index contributed by atoms with van der Waals surface area (Å²) in [6, 6.07) is 7.82. The maximum absolute atomic E-state index is 12.2. The van der Waals surface area contributed by atoms with Crippen LogP contribution in [0.1, 0.15) is 45.7 Å². The first-order valence-corrected chi connectivity index (χ1v) is 10.4. The van der Waals surface area contributed by atoms with Crippen LogP contribution in [0.2, 0.25) is 5.02 Å². The van der Waals surface area contributed by atoms with Crippen LogP contribution in [-0.2, 0) is 4.74 Å². The molecule has 1 unspecified atom stereocenters. The van der Waals surface area contributed by atoms with Crippen molar-refractivity contribution in [2.24, 2.45) is 0 Å². The summed E-state index contributed by atoms with van der Waals surface area (Å²) in [4.78, 5) is 22.8. The van der Waals surface area contributed by atoms with Crippen LogP contribution in [0.3, 0.4) is 0 Å². The lowest BCUT2D eigenvalue weighted by atomic mass is 10.2. The first-order chi connectivity index (χ1) is 12.4. The Hall–Kier alpha value is -1.63. The van der Waals surface area contributed by atoms with Crippen LogP contribution in [0.5, 0.6) is 0 Å². The Morgan fingerprint density at radius 1 is 1.31 bits per heavy atom. The van der Waals surface area contributed by atoms with Crippen molar-refractivity contribution < 1.29 is 9.53 Å². The number of thioether (sulfide) groups is 1. The Balaban J connectivity index is 2.05. The fourth-order valence-corrected chi connectivity index (χ4v) is 5.48. The largest absolute Gasteiger partial charge is 0.462 e. The third kappa shape index (κ3) is 3.72. The molecule has 4 nitrogen and oxygen atoms in total. The number of benzene rings is 1. The van der Waals surface area contributed by atoms with Gasteiger partial charge in [-0.1, -0.05) is 41.6 Å². The van der Waals surface area contributed by atoms with E-state index in [1.165, 1.54) is 11.3 Å². The lowest BCUT2D eigenvalue weighted by Gasteiger charge is -2.14. The van der Waals surface area contributed by atoms with Gasteiger partial charge in [-0.2, -0.15) is 0 Å². The molecular formula is C19H19ClN2O2S2. The molecule has 0 aliphatic heterocycles. The highest BCUT2D eigenvalue weighted by Crippen LogP contribution is 2.42. The number of aromatic nitrogens is 2. The molecule has 0 radical (unpaired) electrons. The number of ether oxygens (including phenoxy) is 1. The number of carbonyl (C=O) groups excluding carboxylic acids is 1. The highest BCUT2D eigenvalue weighted by Gasteiger charge is 2.22. The average molecular weight is 407 g/mol. The van der Waals surface area contributed by atoms with Crippen LogP contribution in [0.15, 0.2) is 29.3 Å². The highest BCUT2D eigenvalue weighted by molar-refractivity contribution is 7.99. The van der Waals surface area contributed by atoms with E-state index in [4.69, 9.17) is 16.3 Å². The second kappa shape index (κ2) is 7.94. The highest BCUT2D eigenvalue weighted by atomic mass is 35.5. The third-order valence-electron chi connectivity index (χ3n) is 3.96. The molecule has 26 heavy (non-hydrogen) atoms. The van der Waals surface area contributed by atoms with Gasteiger partial charge >= 0.3 is 5.97 Å². The molecule has 0 N–H and O–H groups in total. The summed E-state index contributed by atoms with van der Waals surface area (Å²) in [5.74, 6) is 0.378. The number of aryl methyl sites for hydroxylation is 2. The predicted octanol–water partition coefficient (Wildman–Crippen LogP) is 5.99. The van der Waals surface area contributed by atoms with E-state index in [1.54, 1.807) is 18.7 Å². The van der Waals surface area contributed by atoms with Gasteiger partial charge in [0.05, 0.1) is 6.61 Å². The second-order valence-electron chi connectivity index (χ2n) is 5.81. The number of halogens is 1. The van der Waals surface area contributed by atoms with Crippen molar-refractivity contribution in [2.75, 3.05) is 6.61 Å². The average Bonchev–Trinajstić information content (AvgIpc) is 2.92. The Bertz CT molecular complexity index is 972. The number of esters is 1. The second-order valence-corrected chi connectivity index (χ2v) is 8.55. The fraction of sp³-hybridized carbons (Fsp3) is 0.316. The SMILES string of the molecule is CCOC(=O)c1sc2nc(C)nc(SC(C)c3ccccc3Cl)c2c1C. The van der Waals surface area contributed by atoms with Crippen LogP contribution in [-0.4, -0.2) is 22.5 Å². The van der Waals surface area contributed by atoms with E-state index in [0.29, 0.717) is 17.3 Å². The smallest absolute Gasteiger partial charge is 0.348 e. The molecule has 0 saturated carbocycles. The third-order valence-corrected chi connectivity index (χ3v) is 6.60. The first kappa shape index (κ1) is 19.1. The molecule has 0 fully saturated rings.